The van der Waals surface area contributed by atoms with Crippen molar-refractivity contribution in [3.8, 4) is 0 Å². The van der Waals surface area contributed by atoms with Gasteiger partial charge in [0.25, 0.3) is 0 Å². The van der Waals surface area contributed by atoms with E-state index in [9.17, 15) is 8.42 Å². The minimum Gasteiger partial charge on any atom is -0.313 e. The molecule has 0 aromatic rings. The van der Waals surface area contributed by atoms with Crippen molar-refractivity contribution in [2.45, 2.75) is 65.8 Å². The summed E-state index contributed by atoms with van der Waals surface area (Å²) >= 11 is 0. The Morgan fingerprint density at radius 1 is 1.11 bits per heavy atom. The molecular formula is C13H30N2O2S. The Morgan fingerprint density at radius 2 is 1.56 bits per heavy atom. The summed E-state index contributed by atoms with van der Waals surface area (Å²) in [4.78, 5) is 0. The van der Waals surface area contributed by atoms with Crippen molar-refractivity contribution in [2.75, 3.05) is 13.6 Å². The summed E-state index contributed by atoms with van der Waals surface area (Å²) in [5.74, 6) is 0. The highest BCUT2D eigenvalue weighted by atomic mass is 32.2. The maximum Gasteiger partial charge on any atom is 0.217 e. The van der Waals surface area contributed by atoms with Crippen LogP contribution in [-0.2, 0) is 10.0 Å². The van der Waals surface area contributed by atoms with E-state index in [4.69, 9.17) is 0 Å². The number of hydrogen-bond acceptors (Lipinski definition) is 3. The monoisotopic (exact) mass is 278 g/mol. The van der Waals surface area contributed by atoms with Gasteiger partial charge in [-0.15, -0.1) is 0 Å². The second kappa shape index (κ2) is 6.35. The predicted molar refractivity (Wildman–Crippen MR) is 78.2 cm³/mol. The van der Waals surface area contributed by atoms with Crippen molar-refractivity contribution >= 4 is 10.0 Å². The normalized spacial score (nSPS) is 17.2. The van der Waals surface area contributed by atoms with E-state index in [0.29, 0.717) is 12.6 Å². The lowest BCUT2D eigenvalue weighted by Gasteiger charge is -2.36. The van der Waals surface area contributed by atoms with E-state index >= 15 is 0 Å². The molecular weight excluding hydrogens is 248 g/mol. The predicted octanol–water partition coefficient (Wildman–Crippen LogP) is 2.07. The zero-order valence-corrected chi connectivity index (χ0v) is 13.9. The number of nitrogens with zero attached hydrogens (tertiary/aromatic N) is 1. The Morgan fingerprint density at radius 3 is 1.89 bits per heavy atom. The maximum absolute atomic E-state index is 12.4. The zero-order valence-electron chi connectivity index (χ0n) is 13.1. The standard InChI is InChI=1S/C13H30N2O2S/c1-10(2)14-9-11(3)18(16,17)15(8)12(4)13(5,6)7/h10-12,14H,9H2,1-8H3. The van der Waals surface area contributed by atoms with E-state index in [1.54, 1.807) is 14.0 Å². The van der Waals surface area contributed by atoms with Crippen molar-refractivity contribution in [1.29, 1.82) is 0 Å². The van der Waals surface area contributed by atoms with E-state index in [2.05, 4.69) is 26.1 Å². The molecule has 0 rings (SSSR count). The van der Waals surface area contributed by atoms with E-state index in [1.807, 2.05) is 20.8 Å². The van der Waals surface area contributed by atoms with Crippen LogP contribution in [0.4, 0.5) is 0 Å². The summed E-state index contributed by atoms with van der Waals surface area (Å²) in [5.41, 5.74) is -0.0625. The third-order valence-corrected chi connectivity index (χ3v) is 5.82. The summed E-state index contributed by atoms with van der Waals surface area (Å²) in [7, 11) is -1.57. The van der Waals surface area contributed by atoms with Crippen LogP contribution in [0, 0.1) is 5.41 Å². The molecule has 0 saturated carbocycles. The minimum atomic E-state index is -3.25. The Hall–Kier alpha value is -0.130. The van der Waals surface area contributed by atoms with Crippen molar-refractivity contribution in [2.24, 2.45) is 5.41 Å². The second-order valence-corrected chi connectivity index (χ2v) is 8.89. The summed E-state index contributed by atoms with van der Waals surface area (Å²) in [6.07, 6.45) is 0. The molecule has 1 N–H and O–H groups in total. The Labute approximate surface area is 113 Å². The van der Waals surface area contributed by atoms with Gasteiger partial charge in [-0.3, -0.25) is 0 Å². The fraction of sp³-hybridized carbons (Fsp3) is 1.00. The largest absolute Gasteiger partial charge is 0.313 e. The average molecular weight is 278 g/mol. The zero-order chi connectivity index (χ0) is 14.7. The van der Waals surface area contributed by atoms with Gasteiger partial charge in [0.15, 0.2) is 0 Å². The van der Waals surface area contributed by atoms with Crippen molar-refractivity contribution in [3.63, 3.8) is 0 Å². The molecule has 0 aromatic carbocycles. The minimum absolute atomic E-state index is 0.0241. The highest BCUT2D eigenvalue weighted by Crippen LogP contribution is 2.26. The summed E-state index contributed by atoms with van der Waals surface area (Å²) < 4.78 is 26.3. The Bertz CT molecular complexity index is 344. The van der Waals surface area contributed by atoms with Crippen LogP contribution in [0.15, 0.2) is 0 Å². The summed E-state index contributed by atoms with van der Waals surface area (Å²) in [6, 6.07) is 0.275. The average Bonchev–Trinajstić information content (AvgIpc) is 2.21. The third kappa shape index (κ3) is 4.86. The molecule has 2 unspecified atom stereocenters. The van der Waals surface area contributed by atoms with Crippen LogP contribution >= 0.6 is 0 Å². The first-order valence-corrected chi connectivity index (χ1v) is 8.11. The molecule has 0 amide bonds. The smallest absolute Gasteiger partial charge is 0.217 e. The fourth-order valence-electron chi connectivity index (χ4n) is 1.56. The van der Waals surface area contributed by atoms with Gasteiger partial charge in [0.1, 0.15) is 0 Å². The highest BCUT2D eigenvalue weighted by Gasteiger charge is 2.34. The Balaban J connectivity index is 4.82. The highest BCUT2D eigenvalue weighted by molar-refractivity contribution is 7.89. The fourth-order valence-corrected chi connectivity index (χ4v) is 3.19. The van der Waals surface area contributed by atoms with Crippen LogP contribution < -0.4 is 5.32 Å². The van der Waals surface area contributed by atoms with Gasteiger partial charge < -0.3 is 5.32 Å². The summed E-state index contributed by atoms with van der Waals surface area (Å²) in [5, 5.41) is 2.77. The number of sulfonamides is 1. The van der Waals surface area contributed by atoms with Gasteiger partial charge in [0.05, 0.1) is 5.25 Å². The van der Waals surface area contributed by atoms with Crippen molar-refractivity contribution in [1.82, 2.24) is 9.62 Å². The van der Waals surface area contributed by atoms with E-state index < -0.39 is 15.3 Å². The molecule has 4 nitrogen and oxygen atoms in total. The molecule has 0 aliphatic carbocycles. The van der Waals surface area contributed by atoms with Crippen LogP contribution in [0.2, 0.25) is 0 Å². The lowest BCUT2D eigenvalue weighted by molar-refractivity contribution is 0.215. The van der Waals surface area contributed by atoms with Crippen LogP contribution in [0.25, 0.3) is 0 Å². The molecule has 0 heterocycles. The molecule has 0 saturated heterocycles. The molecule has 0 spiro atoms. The lowest BCUT2D eigenvalue weighted by atomic mass is 9.88. The molecule has 0 aliphatic rings. The molecule has 18 heavy (non-hydrogen) atoms. The van der Waals surface area contributed by atoms with Gasteiger partial charge in [0, 0.05) is 25.7 Å². The first-order chi connectivity index (χ1) is 7.90. The molecule has 5 heteroatoms. The van der Waals surface area contributed by atoms with Gasteiger partial charge in [-0.1, -0.05) is 34.6 Å². The number of nitrogens with one attached hydrogen (secondary N) is 1. The van der Waals surface area contributed by atoms with Gasteiger partial charge in [0.2, 0.25) is 10.0 Å². The molecule has 0 fully saturated rings. The van der Waals surface area contributed by atoms with Crippen LogP contribution in [-0.4, -0.2) is 43.6 Å². The van der Waals surface area contributed by atoms with Crippen molar-refractivity contribution in [3.05, 3.63) is 0 Å². The van der Waals surface area contributed by atoms with E-state index in [-0.39, 0.29) is 11.5 Å². The summed E-state index contributed by atoms with van der Waals surface area (Å²) in [6.45, 7) is 14.4. The number of hydrogen-bond donors (Lipinski definition) is 1. The molecule has 0 aliphatic heterocycles. The van der Waals surface area contributed by atoms with Crippen molar-refractivity contribution < 1.29 is 8.42 Å². The van der Waals surface area contributed by atoms with Crippen LogP contribution in [0.1, 0.15) is 48.5 Å². The Kier molecular flexibility index (Phi) is 6.30. The topological polar surface area (TPSA) is 49.4 Å². The SMILES string of the molecule is CC(C)NCC(C)S(=O)(=O)N(C)C(C)C(C)(C)C. The third-order valence-electron chi connectivity index (χ3n) is 3.52. The van der Waals surface area contributed by atoms with Gasteiger partial charge in [-0.25, -0.2) is 12.7 Å². The van der Waals surface area contributed by atoms with E-state index in [1.165, 1.54) is 4.31 Å². The second-order valence-electron chi connectivity index (χ2n) is 6.48. The molecule has 110 valence electrons. The molecule has 0 bridgehead atoms. The molecule has 2 atom stereocenters. The number of rotatable bonds is 6. The van der Waals surface area contributed by atoms with Crippen LogP contribution in [0.3, 0.4) is 0 Å². The first-order valence-electron chi connectivity index (χ1n) is 6.61. The lowest BCUT2D eigenvalue weighted by Crippen LogP contribution is -2.48. The molecule has 0 aromatic heterocycles. The molecule has 0 radical (unpaired) electrons. The maximum atomic E-state index is 12.4. The van der Waals surface area contributed by atoms with E-state index in [0.717, 1.165) is 0 Å². The van der Waals surface area contributed by atoms with Crippen LogP contribution in [0.5, 0.6) is 0 Å². The first kappa shape index (κ1) is 17.9. The van der Waals surface area contributed by atoms with Gasteiger partial charge in [-0.05, 0) is 19.3 Å². The van der Waals surface area contributed by atoms with Gasteiger partial charge >= 0.3 is 0 Å². The van der Waals surface area contributed by atoms with Gasteiger partial charge in [-0.2, -0.15) is 0 Å². The quantitative estimate of drug-likeness (QED) is 0.809.